The molecule has 1 unspecified atom stereocenters. The summed E-state index contributed by atoms with van der Waals surface area (Å²) < 4.78 is 4.49. The molecule has 1 aromatic rings. The van der Waals surface area contributed by atoms with Crippen LogP contribution >= 0.6 is 0 Å². The molecule has 0 fully saturated rings. The van der Waals surface area contributed by atoms with Crippen LogP contribution in [-0.4, -0.2) is 24.2 Å². The van der Waals surface area contributed by atoms with Crippen molar-refractivity contribution in [2.75, 3.05) is 7.11 Å². The summed E-state index contributed by atoms with van der Waals surface area (Å²) in [6, 6.07) is 5.76. The van der Waals surface area contributed by atoms with Gasteiger partial charge in [-0.15, -0.1) is 0 Å². The highest BCUT2D eigenvalue weighted by molar-refractivity contribution is 5.94. The summed E-state index contributed by atoms with van der Waals surface area (Å²) >= 11 is 0. The molecule has 0 spiro atoms. The molecule has 1 rings (SSSR count). The van der Waals surface area contributed by atoms with E-state index in [9.17, 15) is 9.59 Å². The number of hydrogen-bond acceptors (Lipinski definition) is 3. The number of rotatable bonds is 4. The van der Waals surface area contributed by atoms with Gasteiger partial charge in [-0.05, 0) is 25.8 Å². The number of esters is 1. The zero-order valence-corrected chi connectivity index (χ0v) is 10.2. The molecule has 0 saturated heterocycles. The number of aliphatic carboxylic acids is 1. The number of carboxylic acid groups (broad SMARTS) is 1. The monoisotopic (exact) mass is 236 g/mol. The molecule has 1 atom stereocenters. The zero-order valence-electron chi connectivity index (χ0n) is 10.2. The van der Waals surface area contributed by atoms with Gasteiger partial charge in [0.15, 0.2) is 5.92 Å². The van der Waals surface area contributed by atoms with Crippen molar-refractivity contribution in [1.29, 1.82) is 0 Å². The van der Waals surface area contributed by atoms with Crippen LogP contribution in [-0.2, 0) is 20.7 Å². The minimum absolute atomic E-state index is 0.157. The maximum atomic E-state index is 11.3. The standard InChI is InChI=1S/C13H16O4/c1-8-4-9(2)6-10(5-8)7-11(12(14)15)13(16)17-3/h4-6,11H,7H2,1-3H3,(H,14,15). The molecule has 0 aliphatic heterocycles. The molecule has 0 aliphatic carbocycles. The number of aryl methyl sites for hydroxylation is 2. The molecule has 4 nitrogen and oxygen atoms in total. The van der Waals surface area contributed by atoms with Crippen molar-refractivity contribution < 1.29 is 19.4 Å². The molecule has 0 saturated carbocycles. The van der Waals surface area contributed by atoms with Crippen molar-refractivity contribution in [2.45, 2.75) is 20.3 Å². The molecule has 0 amide bonds. The van der Waals surface area contributed by atoms with Crippen molar-refractivity contribution in [3.63, 3.8) is 0 Å². The van der Waals surface area contributed by atoms with Crippen LogP contribution in [0.3, 0.4) is 0 Å². The van der Waals surface area contributed by atoms with Crippen LogP contribution in [0.15, 0.2) is 18.2 Å². The first-order valence-electron chi connectivity index (χ1n) is 5.32. The highest BCUT2D eigenvalue weighted by Gasteiger charge is 2.27. The van der Waals surface area contributed by atoms with Gasteiger partial charge in [-0.1, -0.05) is 29.3 Å². The van der Waals surface area contributed by atoms with Gasteiger partial charge in [0.25, 0.3) is 0 Å². The Bertz CT molecular complexity index is 417. The van der Waals surface area contributed by atoms with Gasteiger partial charge in [-0.2, -0.15) is 0 Å². The number of benzene rings is 1. The fraction of sp³-hybridized carbons (Fsp3) is 0.385. The molecule has 0 aliphatic rings. The fourth-order valence-electron chi connectivity index (χ4n) is 1.84. The Labute approximate surface area is 100 Å². The number of carbonyl (C=O) groups excluding carboxylic acids is 1. The van der Waals surface area contributed by atoms with Gasteiger partial charge >= 0.3 is 11.9 Å². The predicted molar refractivity (Wildman–Crippen MR) is 62.8 cm³/mol. The third kappa shape index (κ3) is 3.59. The third-order valence-corrected chi connectivity index (χ3v) is 2.51. The lowest BCUT2D eigenvalue weighted by Gasteiger charge is -2.11. The summed E-state index contributed by atoms with van der Waals surface area (Å²) in [7, 11) is 1.19. The largest absolute Gasteiger partial charge is 0.481 e. The Balaban J connectivity index is 2.93. The molecule has 4 heteroatoms. The van der Waals surface area contributed by atoms with Crippen molar-refractivity contribution in [1.82, 2.24) is 0 Å². The highest BCUT2D eigenvalue weighted by Crippen LogP contribution is 2.15. The molecule has 1 N–H and O–H groups in total. The fourth-order valence-corrected chi connectivity index (χ4v) is 1.84. The minimum Gasteiger partial charge on any atom is -0.481 e. The molecular formula is C13H16O4. The van der Waals surface area contributed by atoms with Gasteiger partial charge < -0.3 is 9.84 Å². The van der Waals surface area contributed by atoms with Gasteiger partial charge in [-0.25, -0.2) is 0 Å². The first kappa shape index (κ1) is 13.2. The Morgan fingerprint density at radius 2 is 1.76 bits per heavy atom. The van der Waals surface area contributed by atoms with Gasteiger partial charge in [0, 0.05) is 0 Å². The van der Waals surface area contributed by atoms with Crippen LogP contribution in [0.4, 0.5) is 0 Å². The molecule has 92 valence electrons. The molecule has 0 heterocycles. The van der Waals surface area contributed by atoms with Crippen LogP contribution in [0, 0.1) is 19.8 Å². The van der Waals surface area contributed by atoms with E-state index < -0.39 is 17.9 Å². The lowest BCUT2D eigenvalue weighted by molar-refractivity contribution is -0.156. The van der Waals surface area contributed by atoms with Crippen LogP contribution in [0.25, 0.3) is 0 Å². The quantitative estimate of drug-likeness (QED) is 0.638. The Morgan fingerprint density at radius 1 is 1.24 bits per heavy atom. The maximum absolute atomic E-state index is 11.3. The zero-order chi connectivity index (χ0) is 13.0. The molecule has 0 bridgehead atoms. The first-order valence-corrected chi connectivity index (χ1v) is 5.32. The van der Waals surface area contributed by atoms with Crippen LogP contribution in [0.1, 0.15) is 16.7 Å². The van der Waals surface area contributed by atoms with Crippen LogP contribution in [0.2, 0.25) is 0 Å². The molecule has 1 aromatic carbocycles. The van der Waals surface area contributed by atoms with Crippen molar-refractivity contribution in [2.24, 2.45) is 5.92 Å². The van der Waals surface area contributed by atoms with E-state index in [1.54, 1.807) is 0 Å². The van der Waals surface area contributed by atoms with E-state index in [2.05, 4.69) is 4.74 Å². The lowest BCUT2D eigenvalue weighted by Crippen LogP contribution is -2.27. The average Bonchev–Trinajstić information content (AvgIpc) is 2.23. The second-order valence-corrected chi connectivity index (χ2v) is 4.11. The number of carbonyl (C=O) groups is 2. The van der Waals surface area contributed by atoms with E-state index in [-0.39, 0.29) is 6.42 Å². The topological polar surface area (TPSA) is 63.6 Å². The minimum atomic E-state index is -1.16. The summed E-state index contributed by atoms with van der Waals surface area (Å²) in [4.78, 5) is 22.3. The number of carboxylic acids is 1. The van der Waals surface area contributed by atoms with E-state index in [1.165, 1.54) is 7.11 Å². The highest BCUT2D eigenvalue weighted by atomic mass is 16.5. The van der Waals surface area contributed by atoms with E-state index in [0.717, 1.165) is 16.7 Å². The second kappa shape index (κ2) is 5.48. The van der Waals surface area contributed by atoms with Gasteiger partial charge in [0.05, 0.1) is 7.11 Å². The Hall–Kier alpha value is -1.84. The van der Waals surface area contributed by atoms with Crippen LogP contribution < -0.4 is 0 Å². The molecular weight excluding hydrogens is 220 g/mol. The van der Waals surface area contributed by atoms with E-state index in [0.29, 0.717) is 0 Å². The van der Waals surface area contributed by atoms with Gasteiger partial charge in [0.2, 0.25) is 0 Å². The van der Waals surface area contributed by atoms with Crippen molar-refractivity contribution >= 4 is 11.9 Å². The summed E-state index contributed by atoms with van der Waals surface area (Å²) in [6.45, 7) is 3.87. The predicted octanol–water partition coefficient (Wildman–Crippen LogP) is 1.72. The average molecular weight is 236 g/mol. The first-order chi connectivity index (χ1) is 7.93. The van der Waals surface area contributed by atoms with Crippen molar-refractivity contribution in [3.05, 3.63) is 34.9 Å². The SMILES string of the molecule is COC(=O)C(Cc1cc(C)cc(C)c1)C(=O)O. The second-order valence-electron chi connectivity index (χ2n) is 4.11. The Kier molecular flexibility index (Phi) is 4.26. The van der Waals surface area contributed by atoms with Gasteiger partial charge in [-0.3, -0.25) is 9.59 Å². The number of hydrogen-bond donors (Lipinski definition) is 1. The van der Waals surface area contributed by atoms with Crippen LogP contribution in [0.5, 0.6) is 0 Å². The summed E-state index contributed by atoms with van der Waals surface area (Å²) in [6.07, 6.45) is 0.157. The van der Waals surface area contributed by atoms with E-state index in [1.807, 2.05) is 32.0 Å². The number of ether oxygens (including phenoxy) is 1. The normalized spacial score (nSPS) is 11.9. The smallest absolute Gasteiger partial charge is 0.320 e. The van der Waals surface area contributed by atoms with E-state index in [4.69, 9.17) is 5.11 Å². The lowest BCUT2D eigenvalue weighted by atomic mass is 9.97. The number of methoxy groups -OCH3 is 1. The Morgan fingerprint density at radius 3 is 2.18 bits per heavy atom. The van der Waals surface area contributed by atoms with Crippen molar-refractivity contribution in [3.8, 4) is 0 Å². The third-order valence-electron chi connectivity index (χ3n) is 2.51. The van der Waals surface area contributed by atoms with Gasteiger partial charge in [0.1, 0.15) is 0 Å². The molecule has 17 heavy (non-hydrogen) atoms. The summed E-state index contributed by atoms with van der Waals surface area (Å²) in [5, 5.41) is 8.97. The van der Waals surface area contributed by atoms with E-state index >= 15 is 0 Å². The summed E-state index contributed by atoms with van der Waals surface area (Å²) in [5.74, 6) is -3.01. The molecule has 0 aromatic heterocycles. The maximum Gasteiger partial charge on any atom is 0.320 e. The molecule has 0 radical (unpaired) electrons. The summed E-state index contributed by atoms with van der Waals surface area (Å²) in [5.41, 5.74) is 2.93.